The standard InChI is InChI=1S/C7H14N2O2.ClH/c8-5-3-1-2-4-6(5)11-7(9)10;/h5-6H,1-4,8H2,(H2,9,10);1H/t5-,6-;/m1./s1. The zero-order chi connectivity index (χ0) is 8.27. The molecule has 0 heterocycles. The Kier molecular flexibility index (Phi) is 5.01. The summed E-state index contributed by atoms with van der Waals surface area (Å²) in [5.74, 6) is 0. The van der Waals surface area contributed by atoms with Crippen LogP contribution in [0.1, 0.15) is 25.7 Å². The highest BCUT2D eigenvalue weighted by Crippen LogP contribution is 2.19. The van der Waals surface area contributed by atoms with Crippen molar-refractivity contribution in [1.29, 1.82) is 0 Å². The highest BCUT2D eigenvalue weighted by molar-refractivity contribution is 5.85. The van der Waals surface area contributed by atoms with Gasteiger partial charge in [0.2, 0.25) is 0 Å². The van der Waals surface area contributed by atoms with Crippen LogP contribution in [-0.4, -0.2) is 18.2 Å². The maximum Gasteiger partial charge on any atom is 0.404 e. The van der Waals surface area contributed by atoms with Crippen LogP contribution in [0.4, 0.5) is 4.79 Å². The molecule has 0 radical (unpaired) electrons. The lowest BCUT2D eigenvalue weighted by molar-refractivity contribution is 0.0695. The number of nitrogens with two attached hydrogens (primary N) is 2. The van der Waals surface area contributed by atoms with Crippen molar-refractivity contribution < 1.29 is 9.53 Å². The van der Waals surface area contributed by atoms with Crippen LogP contribution in [-0.2, 0) is 4.74 Å². The minimum absolute atomic E-state index is 0. The lowest BCUT2D eigenvalue weighted by atomic mass is 9.93. The van der Waals surface area contributed by atoms with Crippen molar-refractivity contribution >= 4 is 18.5 Å². The second kappa shape index (κ2) is 5.22. The number of carbonyl (C=O) groups is 1. The van der Waals surface area contributed by atoms with Crippen molar-refractivity contribution in [2.75, 3.05) is 0 Å². The van der Waals surface area contributed by atoms with E-state index in [1.807, 2.05) is 0 Å². The van der Waals surface area contributed by atoms with Gasteiger partial charge in [-0.05, 0) is 19.3 Å². The van der Waals surface area contributed by atoms with E-state index in [1.165, 1.54) is 0 Å². The molecule has 1 saturated carbocycles. The fourth-order valence-electron chi connectivity index (χ4n) is 1.42. The average Bonchev–Trinajstić information content (AvgIpc) is 1.93. The Morgan fingerprint density at radius 3 is 2.42 bits per heavy atom. The van der Waals surface area contributed by atoms with E-state index < -0.39 is 6.09 Å². The van der Waals surface area contributed by atoms with Crippen molar-refractivity contribution in [1.82, 2.24) is 0 Å². The van der Waals surface area contributed by atoms with E-state index in [1.54, 1.807) is 0 Å². The molecule has 2 atom stereocenters. The highest BCUT2D eigenvalue weighted by Gasteiger charge is 2.24. The summed E-state index contributed by atoms with van der Waals surface area (Å²) in [6.45, 7) is 0. The lowest BCUT2D eigenvalue weighted by Gasteiger charge is -2.27. The van der Waals surface area contributed by atoms with Crippen LogP contribution in [0.15, 0.2) is 0 Å². The number of rotatable bonds is 1. The fraction of sp³-hybridized carbons (Fsp3) is 0.857. The molecule has 0 aromatic heterocycles. The molecule has 0 aromatic rings. The molecule has 12 heavy (non-hydrogen) atoms. The van der Waals surface area contributed by atoms with Crippen LogP contribution in [0.3, 0.4) is 0 Å². The molecule has 0 spiro atoms. The van der Waals surface area contributed by atoms with Gasteiger partial charge in [-0.3, -0.25) is 0 Å². The summed E-state index contributed by atoms with van der Waals surface area (Å²) in [4.78, 5) is 10.4. The van der Waals surface area contributed by atoms with Crippen molar-refractivity contribution in [2.24, 2.45) is 11.5 Å². The van der Waals surface area contributed by atoms with Crippen LogP contribution in [0.25, 0.3) is 0 Å². The zero-order valence-corrected chi connectivity index (χ0v) is 7.68. The SMILES string of the molecule is Cl.NC(=O)O[C@@H]1CCCC[C@H]1N. The summed E-state index contributed by atoms with van der Waals surface area (Å²) in [7, 11) is 0. The molecule has 1 amide bonds. The molecule has 0 aliphatic heterocycles. The minimum atomic E-state index is -0.715. The molecule has 1 aliphatic carbocycles. The first-order valence-corrected chi connectivity index (χ1v) is 3.92. The largest absolute Gasteiger partial charge is 0.445 e. The van der Waals surface area contributed by atoms with Gasteiger partial charge in [0.1, 0.15) is 6.10 Å². The molecule has 5 heteroatoms. The number of primary amides is 1. The molecule has 1 fully saturated rings. The molecule has 0 saturated heterocycles. The summed E-state index contributed by atoms with van der Waals surface area (Å²) >= 11 is 0. The van der Waals surface area contributed by atoms with Crippen LogP contribution >= 0.6 is 12.4 Å². The molecule has 0 bridgehead atoms. The fourth-order valence-corrected chi connectivity index (χ4v) is 1.42. The molecule has 0 unspecified atom stereocenters. The number of hydrogen-bond donors (Lipinski definition) is 2. The highest BCUT2D eigenvalue weighted by atomic mass is 35.5. The molecular weight excluding hydrogens is 180 g/mol. The number of carbonyl (C=O) groups excluding carboxylic acids is 1. The summed E-state index contributed by atoms with van der Waals surface area (Å²) < 4.78 is 4.82. The van der Waals surface area contributed by atoms with Crippen LogP contribution in [0, 0.1) is 0 Å². The monoisotopic (exact) mass is 194 g/mol. The molecule has 0 aromatic carbocycles. The zero-order valence-electron chi connectivity index (χ0n) is 6.86. The van der Waals surface area contributed by atoms with Crippen LogP contribution < -0.4 is 11.5 Å². The van der Waals surface area contributed by atoms with E-state index in [2.05, 4.69) is 0 Å². The van der Waals surface area contributed by atoms with Gasteiger partial charge in [0.05, 0.1) is 0 Å². The van der Waals surface area contributed by atoms with E-state index >= 15 is 0 Å². The topological polar surface area (TPSA) is 78.3 Å². The van der Waals surface area contributed by atoms with Gasteiger partial charge in [0.15, 0.2) is 0 Å². The van der Waals surface area contributed by atoms with Gasteiger partial charge in [-0.25, -0.2) is 4.79 Å². The van der Waals surface area contributed by atoms with Crippen LogP contribution in [0.5, 0.6) is 0 Å². The Balaban J connectivity index is 0.00000121. The minimum Gasteiger partial charge on any atom is -0.445 e. The Bertz CT molecular complexity index is 154. The number of amides is 1. The molecule has 1 rings (SSSR count). The summed E-state index contributed by atoms with van der Waals surface area (Å²) in [5, 5.41) is 0. The van der Waals surface area contributed by atoms with Gasteiger partial charge in [0, 0.05) is 6.04 Å². The van der Waals surface area contributed by atoms with E-state index in [-0.39, 0.29) is 24.6 Å². The van der Waals surface area contributed by atoms with Crippen molar-refractivity contribution in [2.45, 2.75) is 37.8 Å². The quantitative estimate of drug-likeness (QED) is 0.648. The van der Waals surface area contributed by atoms with Gasteiger partial charge in [-0.2, -0.15) is 0 Å². The summed E-state index contributed by atoms with van der Waals surface area (Å²) in [6.07, 6.45) is 3.11. The normalized spacial score (nSPS) is 28.8. The number of hydrogen-bond acceptors (Lipinski definition) is 3. The average molecular weight is 195 g/mol. The van der Waals surface area contributed by atoms with E-state index in [0.717, 1.165) is 25.7 Å². The first-order chi connectivity index (χ1) is 5.20. The predicted molar refractivity (Wildman–Crippen MR) is 48.1 cm³/mol. The van der Waals surface area contributed by atoms with Gasteiger partial charge in [0.25, 0.3) is 0 Å². The van der Waals surface area contributed by atoms with E-state index in [4.69, 9.17) is 16.2 Å². The molecule has 1 aliphatic rings. The molecule has 4 N–H and O–H groups in total. The van der Waals surface area contributed by atoms with Gasteiger partial charge in [-0.1, -0.05) is 6.42 Å². The Labute approximate surface area is 78.0 Å². The Morgan fingerprint density at radius 2 is 1.92 bits per heavy atom. The van der Waals surface area contributed by atoms with Crippen molar-refractivity contribution in [3.8, 4) is 0 Å². The van der Waals surface area contributed by atoms with E-state index in [0.29, 0.717) is 0 Å². The molecular formula is C7H15ClN2O2. The van der Waals surface area contributed by atoms with Crippen LogP contribution in [0.2, 0.25) is 0 Å². The lowest BCUT2D eigenvalue weighted by Crippen LogP contribution is -2.41. The molecule has 4 nitrogen and oxygen atoms in total. The Hall–Kier alpha value is -0.480. The summed E-state index contributed by atoms with van der Waals surface area (Å²) in [5.41, 5.74) is 10.6. The third kappa shape index (κ3) is 3.28. The van der Waals surface area contributed by atoms with E-state index in [9.17, 15) is 4.79 Å². The second-order valence-electron chi connectivity index (χ2n) is 2.92. The van der Waals surface area contributed by atoms with Crippen molar-refractivity contribution in [3.05, 3.63) is 0 Å². The maximum absolute atomic E-state index is 10.4. The summed E-state index contributed by atoms with van der Waals surface area (Å²) in [6, 6.07) is -0.0174. The first-order valence-electron chi connectivity index (χ1n) is 3.92. The van der Waals surface area contributed by atoms with Gasteiger partial charge in [-0.15, -0.1) is 12.4 Å². The molecule has 72 valence electrons. The van der Waals surface area contributed by atoms with Crippen molar-refractivity contribution in [3.63, 3.8) is 0 Å². The number of ether oxygens (including phenoxy) is 1. The first kappa shape index (κ1) is 11.5. The number of halogens is 1. The smallest absolute Gasteiger partial charge is 0.404 e. The third-order valence-corrected chi connectivity index (χ3v) is 2.02. The van der Waals surface area contributed by atoms with Gasteiger partial charge >= 0.3 is 6.09 Å². The third-order valence-electron chi connectivity index (χ3n) is 2.02. The second-order valence-corrected chi connectivity index (χ2v) is 2.92. The van der Waals surface area contributed by atoms with Gasteiger partial charge < -0.3 is 16.2 Å². The predicted octanol–water partition coefficient (Wildman–Crippen LogP) is 0.773. The maximum atomic E-state index is 10.4. The Morgan fingerprint density at radius 1 is 1.33 bits per heavy atom.